The van der Waals surface area contributed by atoms with Gasteiger partial charge in [0.25, 0.3) is 0 Å². The fourth-order valence-corrected chi connectivity index (χ4v) is 2.11. The number of hydrogen-bond acceptors (Lipinski definition) is 3. The molecule has 0 aliphatic carbocycles. The Hall–Kier alpha value is -1.51. The lowest BCUT2D eigenvalue weighted by atomic mass is 9.99. The lowest BCUT2D eigenvalue weighted by Crippen LogP contribution is -2.64. The first-order valence-corrected chi connectivity index (χ1v) is 6.56. The molecule has 1 aliphatic rings. The number of carboxylic acids is 1. The number of aliphatic carboxylic acids is 1. The van der Waals surface area contributed by atoms with Crippen molar-refractivity contribution in [2.45, 2.75) is 50.5 Å². The lowest BCUT2D eigenvalue weighted by molar-refractivity contribution is -0.203. The zero-order valence-electron chi connectivity index (χ0n) is 12.1. The fraction of sp³-hybridized carbons (Fsp3) is 0.833. The average Bonchev–Trinajstić information content (AvgIpc) is 2.32. The summed E-state index contributed by atoms with van der Waals surface area (Å²) in [4.78, 5) is 24.6. The van der Waals surface area contributed by atoms with Gasteiger partial charge in [-0.1, -0.05) is 0 Å². The average molecular weight is 311 g/mol. The highest BCUT2D eigenvalue weighted by atomic mass is 19.4. The van der Waals surface area contributed by atoms with E-state index in [1.807, 2.05) is 14.0 Å². The molecule has 1 fully saturated rings. The number of carbonyl (C=O) groups excluding carboxylic acids is 1. The Labute approximate surface area is 120 Å². The number of hydrogen-bond donors (Lipinski definition) is 3. The van der Waals surface area contributed by atoms with Crippen molar-refractivity contribution < 1.29 is 27.9 Å². The van der Waals surface area contributed by atoms with Gasteiger partial charge in [-0.25, -0.2) is 9.59 Å². The number of alkyl halides is 3. The van der Waals surface area contributed by atoms with E-state index >= 15 is 0 Å². The molecule has 3 atom stereocenters. The Kier molecular flexibility index (Phi) is 5.08. The van der Waals surface area contributed by atoms with Gasteiger partial charge in [0, 0.05) is 18.6 Å². The maximum Gasteiger partial charge on any atom is 0.422 e. The van der Waals surface area contributed by atoms with Gasteiger partial charge in [0.1, 0.15) is 0 Å². The Bertz CT molecular complexity index is 416. The van der Waals surface area contributed by atoms with E-state index in [9.17, 15) is 22.8 Å². The maximum atomic E-state index is 12.8. The standard InChI is InChI=1S/C12H20F3N3O3/c1-7-6-8(4-5-18(7)3)16-10(21)17-11(2,9(19)20)12(13,14)15/h7-8H,4-6H2,1-3H3,(H,19,20)(H2,16,17,21). The lowest BCUT2D eigenvalue weighted by Gasteiger charge is -2.36. The number of nitrogens with zero attached hydrogens (tertiary/aromatic N) is 1. The second-order valence-electron chi connectivity index (χ2n) is 5.58. The number of urea groups is 1. The molecular formula is C12H20F3N3O3. The van der Waals surface area contributed by atoms with Crippen molar-refractivity contribution in [2.75, 3.05) is 13.6 Å². The predicted octanol–water partition coefficient (Wildman–Crippen LogP) is 1.17. The van der Waals surface area contributed by atoms with Crippen LogP contribution in [0.25, 0.3) is 0 Å². The molecule has 1 rings (SSSR count). The first-order valence-electron chi connectivity index (χ1n) is 6.56. The number of amides is 2. The number of likely N-dealkylation sites (tertiary alicyclic amines) is 1. The maximum absolute atomic E-state index is 12.8. The largest absolute Gasteiger partial charge is 0.479 e. The summed E-state index contributed by atoms with van der Waals surface area (Å²) in [6.45, 7) is 3.08. The molecule has 0 bridgehead atoms. The van der Waals surface area contributed by atoms with Crippen LogP contribution in [0, 0.1) is 0 Å². The third-order valence-corrected chi connectivity index (χ3v) is 3.90. The number of rotatable bonds is 3. The molecule has 2 amide bonds. The van der Waals surface area contributed by atoms with Crippen molar-refractivity contribution in [1.29, 1.82) is 0 Å². The Morgan fingerprint density at radius 3 is 2.33 bits per heavy atom. The van der Waals surface area contributed by atoms with E-state index in [-0.39, 0.29) is 12.1 Å². The zero-order chi connectivity index (χ0) is 16.4. The van der Waals surface area contributed by atoms with E-state index in [4.69, 9.17) is 5.11 Å². The van der Waals surface area contributed by atoms with E-state index in [1.165, 1.54) is 5.32 Å². The van der Waals surface area contributed by atoms with Crippen LogP contribution in [0.5, 0.6) is 0 Å². The SMILES string of the molecule is CC1CC(NC(=O)NC(C)(C(=O)O)C(F)(F)F)CCN1C. The third-order valence-electron chi connectivity index (χ3n) is 3.90. The minimum absolute atomic E-state index is 0.192. The molecule has 0 aromatic carbocycles. The molecule has 0 spiro atoms. The highest BCUT2D eigenvalue weighted by molar-refractivity contribution is 5.86. The third kappa shape index (κ3) is 3.99. The van der Waals surface area contributed by atoms with E-state index in [0.717, 1.165) is 0 Å². The van der Waals surface area contributed by atoms with Crippen LogP contribution in [0.15, 0.2) is 0 Å². The quantitative estimate of drug-likeness (QED) is 0.731. The number of carboxylic acid groups (broad SMARTS) is 1. The summed E-state index contributed by atoms with van der Waals surface area (Å²) in [5, 5.41) is 12.7. The molecule has 3 N–H and O–H groups in total. The Morgan fingerprint density at radius 1 is 1.33 bits per heavy atom. The smallest absolute Gasteiger partial charge is 0.422 e. The van der Waals surface area contributed by atoms with Crippen LogP contribution in [0.1, 0.15) is 26.7 Å². The predicted molar refractivity (Wildman–Crippen MR) is 68.9 cm³/mol. The highest BCUT2D eigenvalue weighted by Gasteiger charge is 2.58. The van der Waals surface area contributed by atoms with Crippen molar-refractivity contribution in [1.82, 2.24) is 15.5 Å². The topological polar surface area (TPSA) is 81.7 Å². The molecular weight excluding hydrogens is 291 g/mol. The zero-order valence-corrected chi connectivity index (χ0v) is 12.1. The first-order chi connectivity index (χ1) is 9.47. The molecule has 3 unspecified atom stereocenters. The summed E-state index contributed by atoms with van der Waals surface area (Å²) in [6, 6.07) is -1.21. The van der Waals surface area contributed by atoms with Gasteiger partial charge >= 0.3 is 18.2 Å². The monoisotopic (exact) mass is 311 g/mol. The van der Waals surface area contributed by atoms with Crippen molar-refractivity contribution in [3.05, 3.63) is 0 Å². The molecule has 6 nitrogen and oxygen atoms in total. The summed E-state index contributed by atoms with van der Waals surface area (Å²) in [7, 11) is 1.92. The van der Waals surface area contributed by atoms with Crippen LogP contribution in [0.4, 0.5) is 18.0 Å². The molecule has 1 aliphatic heterocycles. The van der Waals surface area contributed by atoms with E-state index < -0.39 is 23.7 Å². The van der Waals surface area contributed by atoms with Gasteiger partial charge in [0.2, 0.25) is 5.54 Å². The minimum Gasteiger partial charge on any atom is -0.479 e. The van der Waals surface area contributed by atoms with Crippen LogP contribution >= 0.6 is 0 Å². The van der Waals surface area contributed by atoms with Gasteiger partial charge in [0.05, 0.1) is 0 Å². The summed E-state index contributed by atoms with van der Waals surface area (Å²) < 4.78 is 38.3. The van der Waals surface area contributed by atoms with Gasteiger partial charge in [-0.3, -0.25) is 0 Å². The summed E-state index contributed by atoms with van der Waals surface area (Å²) in [6.07, 6.45) is -3.89. The second-order valence-corrected chi connectivity index (χ2v) is 5.58. The van der Waals surface area contributed by atoms with Crippen LogP contribution in [-0.2, 0) is 4.79 Å². The second kappa shape index (κ2) is 6.08. The van der Waals surface area contributed by atoms with Crippen LogP contribution in [0.3, 0.4) is 0 Å². The highest BCUT2D eigenvalue weighted by Crippen LogP contribution is 2.30. The molecule has 122 valence electrons. The summed E-state index contributed by atoms with van der Waals surface area (Å²) in [5.74, 6) is -2.15. The molecule has 0 aromatic heterocycles. The van der Waals surface area contributed by atoms with Crippen molar-refractivity contribution in [3.8, 4) is 0 Å². The molecule has 21 heavy (non-hydrogen) atoms. The Balaban J connectivity index is 2.66. The van der Waals surface area contributed by atoms with Gasteiger partial charge in [-0.05, 0) is 33.7 Å². The number of halogens is 3. The van der Waals surface area contributed by atoms with E-state index in [2.05, 4.69) is 10.2 Å². The molecule has 1 saturated heterocycles. The minimum atomic E-state index is -5.09. The number of nitrogens with one attached hydrogen (secondary N) is 2. The van der Waals surface area contributed by atoms with Crippen LogP contribution in [-0.4, -0.2) is 59.4 Å². The van der Waals surface area contributed by atoms with Crippen molar-refractivity contribution in [3.63, 3.8) is 0 Å². The normalized spacial score (nSPS) is 26.8. The van der Waals surface area contributed by atoms with Crippen LogP contribution in [0.2, 0.25) is 0 Å². The number of carbonyl (C=O) groups is 2. The van der Waals surface area contributed by atoms with Crippen LogP contribution < -0.4 is 10.6 Å². The van der Waals surface area contributed by atoms with E-state index in [1.54, 1.807) is 0 Å². The molecule has 0 radical (unpaired) electrons. The van der Waals surface area contributed by atoms with Gasteiger partial charge in [-0.2, -0.15) is 13.2 Å². The number of piperidine rings is 1. The summed E-state index contributed by atoms with van der Waals surface area (Å²) in [5.41, 5.74) is -3.31. The summed E-state index contributed by atoms with van der Waals surface area (Å²) >= 11 is 0. The van der Waals surface area contributed by atoms with Crippen molar-refractivity contribution >= 4 is 12.0 Å². The Morgan fingerprint density at radius 2 is 1.90 bits per heavy atom. The molecule has 0 saturated carbocycles. The molecule has 9 heteroatoms. The van der Waals surface area contributed by atoms with Gasteiger partial charge < -0.3 is 20.6 Å². The molecule has 1 heterocycles. The van der Waals surface area contributed by atoms with Gasteiger partial charge in [0.15, 0.2) is 0 Å². The van der Waals surface area contributed by atoms with Crippen molar-refractivity contribution in [2.24, 2.45) is 0 Å². The first kappa shape index (κ1) is 17.5. The van der Waals surface area contributed by atoms with E-state index in [0.29, 0.717) is 26.3 Å². The molecule has 0 aromatic rings. The van der Waals surface area contributed by atoms with Gasteiger partial charge in [-0.15, -0.1) is 0 Å². The fourth-order valence-electron chi connectivity index (χ4n) is 2.11.